The molecule has 5 rings (SSSR count). The van der Waals surface area contributed by atoms with E-state index in [4.69, 9.17) is 15.7 Å². The average Bonchev–Trinajstić information content (AvgIpc) is 3.18. The second-order valence-corrected chi connectivity index (χ2v) is 7.47. The van der Waals surface area contributed by atoms with E-state index >= 15 is 0 Å². The summed E-state index contributed by atoms with van der Waals surface area (Å²) in [6, 6.07) is 15.8. The van der Waals surface area contributed by atoms with Crippen molar-refractivity contribution >= 4 is 17.2 Å². The minimum atomic E-state index is -0.565. The second-order valence-electron chi connectivity index (χ2n) is 7.47. The van der Waals surface area contributed by atoms with Crippen molar-refractivity contribution in [3.05, 3.63) is 77.2 Å². The summed E-state index contributed by atoms with van der Waals surface area (Å²) in [4.78, 5) is 26.1. The molecule has 3 heterocycles. The van der Waals surface area contributed by atoms with E-state index < -0.39 is 5.91 Å². The Balaban J connectivity index is 1.61. The molecular formula is C23H22N6O. The molecule has 30 heavy (non-hydrogen) atoms. The van der Waals surface area contributed by atoms with E-state index in [9.17, 15) is 4.79 Å². The van der Waals surface area contributed by atoms with Crippen molar-refractivity contribution in [2.24, 2.45) is 5.73 Å². The van der Waals surface area contributed by atoms with E-state index in [1.165, 1.54) is 11.1 Å². The molecule has 1 aromatic carbocycles. The maximum Gasteiger partial charge on any atom is 0.269 e. The number of imidazole rings is 1. The molecule has 7 nitrogen and oxygen atoms in total. The van der Waals surface area contributed by atoms with Gasteiger partial charge in [0.1, 0.15) is 5.82 Å². The van der Waals surface area contributed by atoms with Crippen molar-refractivity contribution in [2.45, 2.75) is 32.2 Å². The smallest absolute Gasteiger partial charge is 0.269 e. The van der Waals surface area contributed by atoms with Crippen molar-refractivity contribution in [1.29, 1.82) is 0 Å². The fourth-order valence-corrected chi connectivity index (χ4v) is 4.00. The number of nitrogens with one attached hydrogen (secondary N) is 1. The second kappa shape index (κ2) is 7.59. The summed E-state index contributed by atoms with van der Waals surface area (Å²) in [6.07, 6.45) is 5.97. The quantitative estimate of drug-likeness (QED) is 0.537. The van der Waals surface area contributed by atoms with Crippen LogP contribution in [0.1, 0.15) is 40.2 Å². The highest BCUT2D eigenvalue weighted by atomic mass is 16.1. The molecule has 0 unspecified atom stereocenters. The van der Waals surface area contributed by atoms with Gasteiger partial charge in [0.15, 0.2) is 17.3 Å². The third-order valence-electron chi connectivity index (χ3n) is 5.47. The predicted octanol–water partition coefficient (Wildman–Crippen LogP) is 3.38. The highest BCUT2D eigenvalue weighted by Crippen LogP contribution is 2.29. The number of nitrogens with zero attached hydrogens (tertiary/aromatic N) is 4. The molecule has 0 saturated heterocycles. The first-order valence-corrected chi connectivity index (χ1v) is 10.2. The fraction of sp³-hybridized carbons (Fsp3) is 0.217. The highest BCUT2D eigenvalue weighted by Gasteiger charge is 2.22. The lowest BCUT2D eigenvalue weighted by Gasteiger charge is -2.19. The van der Waals surface area contributed by atoms with Gasteiger partial charge in [0.25, 0.3) is 5.91 Å². The Morgan fingerprint density at radius 3 is 2.63 bits per heavy atom. The van der Waals surface area contributed by atoms with Crippen LogP contribution in [0.4, 0.5) is 5.82 Å². The summed E-state index contributed by atoms with van der Waals surface area (Å²) in [5.41, 5.74) is 9.85. The van der Waals surface area contributed by atoms with Gasteiger partial charge in [-0.2, -0.15) is 0 Å². The molecule has 0 spiro atoms. The first-order chi connectivity index (χ1) is 14.7. The normalized spacial score (nSPS) is 13.2. The Morgan fingerprint density at radius 2 is 1.80 bits per heavy atom. The van der Waals surface area contributed by atoms with E-state index in [2.05, 4.69) is 22.4 Å². The van der Waals surface area contributed by atoms with Crippen molar-refractivity contribution in [3.8, 4) is 11.6 Å². The number of carbonyl (C=O) groups is 1. The lowest BCUT2D eigenvalue weighted by molar-refractivity contribution is 0.0997. The van der Waals surface area contributed by atoms with Crippen LogP contribution in [0.3, 0.4) is 0 Å². The number of amides is 1. The van der Waals surface area contributed by atoms with Crippen LogP contribution in [0.25, 0.3) is 17.2 Å². The molecule has 4 aromatic rings. The van der Waals surface area contributed by atoms with Gasteiger partial charge < -0.3 is 11.1 Å². The summed E-state index contributed by atoms with van der Waals surface area (Å²) in [6.45, 7) is 0.679. The van der Waals surface area contributed by atoms with Gasteiger partial charge in [-0.15, -0.1) is 0 Å². The molecule has 0 aliphatic heterocycles. The predicted molar refractivity (Wildman–Crippen MR) is 115 cm³/mol. The molecule has 0 radical (unpaired) electrons. The Labute approximate surface area is 174 Å². The number of hydrogen-bond acceptors (Lipinski definition) is 5. The molecule has 3 N–H and O–H groups in total. The zero-order valence-electron chi connectivity index (χ0n) is 16.5. The van der Waals surface area contributed by atoms with Gasteiger partial charge in [0.05, 0.1) is 5.52 Å². The summed E-state index contributed by atoms with van der Waals surface area (Å²) >= 11 is 0. The number of primary amides is 1. The van der Waals surface area contributed by atoms with Crippen molar-refractivity contribution in [1.82, 2.24) is 19.4 Å². The molecule has 7 heteroatoms. The highest BCUT2D eigenvalue weighted by molar-refractivity contribution is 5.98. The number of pyridine rings is 1. The largest absolute Gasteiger partial charge is 0.366 e. The average molecular weight is 398 g/mol. The number of nitrogens with two attached hydrogens (primary N) is 1. The Morgan fingerprint density at radius 1 is 1.00 bits per heavy atom. The van der Waals surface area contributed by atoms with E-state index in [-0.39, 0.29) is 5.69 Å². The molecular weight excluding hydrogens is 376 g/mol. The number of hydrogen-bond donors (Lipinski definition) is 2. The van der Waals surface area contributed by atoms with Gasteiger partial charge in [0.2, 0.25) is 0 Å². The van der Waals surface area contributed by atoms with Gasteiger partial charge >= 0.3 is 0 Å². The summed E-state index contributed by atoms with van der Waals surface area (Å²) in [5, 5.41) is 3.50. The fourth-order valence-electron chi connectivity index (χ4n) is 4.00. The molecule has 150 valence electrons. The molecule has 0 bridgehead atoms. The number of rotatable bonds is 5. The van der Waals surface area contributed by atoms with Gasteiger partial charge in [-0.25, -0.2) is 15.0 Å². The standard InChI is InChI=1S/C23H22N6O/c24-20(30)19-18-12-6-7-13-29(18)23(27-19)22-26-17-11-5-4-10-16(17)21(28-22)25-14-15-8-2-1-3-9-15/h1-3,6-9,12-13H,4-5,10-11,14H2,(H2,24,30)(H,25,26,28). The number of fused-ring (bicyclic) bond motifs is 2. The first kappa shape index (κ1) is 18.3. The van der Waals surface area contributed by atoms with Crippen LogP contribution in [0, 0.1) is 0 Å². The maximum atomic E-state index is 11.9. The summed E-state index contributed by atoms with van der Waals surface area (Å²) < 4.78 is 1.83. The summed E-state index contributed by atoms with van der Waals surface area (Å²) in [5.74, 6) is 1.30. The molecule has 0 saturated carbocycles. The SMILES string of the molecule is NC(=O)c1nc(-c2nc3c(c(NCc4ccccc4)n2)CCCC3)n2ccccc12. The topological polar surface area (TPSA) is 98.2 Å². The number of anilines is 1. The minimum Gasteiger partial charge on any atom is -0.366 e. The van der Waals surface area contributed by atoms with E-state index in [0.717, 1.165) is 37.2 Å². The van der Waals surface area contributed by atoms with Gasteiger partial charge in [0, 0.05) is 24.0 Å². The maximum absolute atomic E-state index is 11.9. The van der Waals surface area contributed by atoms with Crippen molar-refractivity contribution < 1.29 is 4.79 Å². The zero-order chi connectivity index (χ0) is 20.5. The Hall–Kier alpha value is -3.74. The number of carbonyl (C=O) groups excluding carboxylic acids is 1. The van der Waals surface area contributed by atoms with Crippen LogP contribution in [-0.2, 0) is 19.4 Å². The van der Waals surface area contributed by atoms with E-state index in [1.54, 1.807) is 0 Å². The molecule has 1 aliphatic rings. The zero-order valence-corrected chi connectivity index (χ0v) is 16.5. The number of aromatic nitrogens is 4. The van der Waals surface area contributed by atoms with Gasteiger partial charge in [-0.05, 0) is 43.4 Å². The van der Waals surface area contributed by atoms with E-state index in [1.807, 2.05) is 47.0 Å². The van der Waals surface area contributed by atoms with Gasteiger partial charge in [-0.3, -0.25) is 9.20 Å². The minimum absolute atomic E-state index is 0.228. The van der Waals surface area contributed by atoms with Crippen LogP contribution in [0.5, 0.6) is 0 Å². The Bertz CT molecular complexity index is 1230. The molecule has 3 aromatic heterocycles. The van der Waals surface area contributed by atoms with Crippen LogP contribution in [-0.4, -0.2) is 25.3 Å². The van der Waals surface area contributed by atoms with Crippen LogP contribution >= 0.6 is 0 Å². The van der Waals surface area contributed by atoms with Crippen LogP contribution in [0.15, 0.2) is 54.7 Å². The molecule has 1 amide bonds. The summed E-state index contributed by atoms with van der Waals surface area (Å²) in [7, 11) is 0. The van der Waals surface area contributed by atoms with Gasteiger partial charge in [-0.1, -0.05) is 36.4 Å². The van der Waals surface area contributed by atoms with Crippen LogP contribution in [0.2, 0.25) is 0 Å². The third-order valence-corrected chi connectivity index (χ3v) is 5.47. The lowest BCUT2D eigenvalue weighted by Crippen LogP contribution is -2.14. The van der Waals surface area contributed by atoms with Crippen molar-refractivity contribution in [3.63, 3.8) is 0 Å². The van der Waals surface area contributed by atoms with Crippen LogP contribution < -0.4 is 11.1 Å². The Kier molecular flexibility index (Phi) is 4.63. The van der Waals surface area contributed by atoms with E-state index in [0.29, 0.717) is 23.7 Å². The first-order valence-electron chi connectivity index (χ1n) is 10.2. The third kappa shape index (κ3) is 3.28. The number of benzene rings is 1. The number of aryl methyl sites for hydroxylation is 1. The molecule has 1 aliphatic carbocycles. The molecule has 0 fully saturated rings. The molecule has 0 atom stereocenters. The van der Waals surface area contributed by atoms with Crippen molar-refractivity contribution in [2.75, 3.05) is 5.32 Å². The lowest BCUT2D eigenvalue weighted by atomic mass is 9.96. The monoisotopic (exact) mass is 398 g/mol.